The second kappa shape index (κ2) is 9.07. The summed E-state index contributed by atoms with van der Waals surface area (Å²) in [5.41, 5.74) is 3.72. The average molecular weight is 523 g/mol. The maximum absolute atomic E-state index is 14.1. The predicted octanol–water partition coefficient (Wildman–Crippen LogP) is 6.42. The molecule has 0 bridgehead atoms. The fourth-order valence-corrected chi connectivity index (χ4v) is 6.57. The van der Waals surface area contributed by atoms with Gasteiger partial charge in [0, 0.05) is 63.5 Å². The molecule has 5 nitrogen and oxygen atoms in total. The Morgan fingerprint density at radius 2 is 1.72 bits per heavy atom. The summed E-state index contributed by atoms with van der Waals surface area (Å²) in [6.07, 6.45) is 4.89. The number of thiophene rings is 1. The Morgan fingerprint density at radius 3 is 2.44 bits per heavy atom. The van der Waals surface area contributed by atoms with Gasteiger partial charge in [0.05, 0.1) is 5.75 Å². The molecule has 0 unspecified atom stereocenters. The number of nitrogens with zero attached hydrogens (tertiary/aromatic N) is 2. The van der Waals surface area contributed by atoms with Crippen LogP contribution in [0.3, 0.4) is 0 Å². The van der Waals surface area contributed by atoms with Gasteiger partial charge in [-0.2, -0.15) is 0 Å². The van der Waals surface area contributed by atoms with Gasteiger partial charge in [-0.05, 0) is 60.5 Å². The van der Waals surface area contributed by atoms with Crippen molar-refractivity contribution in [3.63, 3.8) is 0 Å². The number of carbonyl (C=O) groups is 1. The van der Waals surface area contributed by atoms with E-state index in [4.69, 9.17) is 0 Å². The third kappa shape index (κ3) is 4.47. The van der Waals surface area contributed by atoms with Crippen LogP contribution in [-0.2, 0) is 22.6 Å². The zero-order valence-corrected chi connectivity index (χ0v) is 21.0. The van der Waals surface area contributed by atoms with Gasteiger partial charge in [-0.15, -0.1) is 11.3 Å². The molecule has 5 aromatic rings. The molecule has 0 aliphatic carbocycles. The van der Waals surface area contributed by atoms with E-state index in [2.05, 4.69) is 4.98 Å². The topological polar surface area (TPSA) is 69.0 Å². The van der Waals surface area contributed by atoms with Gasteiger partial charge in [-0.3, -0.25) is 9.78 Å². The fraction of sp³-hybridized carbons (Fsp3) is 0.111. The maximum atomic E-state index is 14.1. The Morgan fingerprint density at radius 1 is 0.972 bits per heavy atom. The van der Waals surface area contributed by atoms with Gasteiger partial charge in [-0.1, -0.05) is 6.07 Å². The summed E-state index contributed by atoms with van der Waals surface area (Å²) in [6.45, 7) is 1.55. The molecular formula is C27H20F2N2O3S2. The number of pyridine rings is 1. The van der Waals surface area contributed by atoms with Crippen LogP contribution in [0.2, 0.25) is 0 Å². The lowest BCUT2D eigenvalue weighted by atomic mass is 10.1. The molecule has 182 valence electrons. The van der Waals surface area contributed by atoms with Crippen LogP contribution in [0.15, 0.2) is 78.1 Å². The van der Waals surface area contributed by atoms with Gasteiger partial charge in [0.25, 0.3) is 0 Å². The molecule has 0 aliphatic heterocycles. The minimum absolute atomic E-state index is 0.00276. The van der Waals surface area contributed by atoms with Crippen molar-refractivity contribution >= 4 is 37.9 Å². The molecule has 3 aromatic heterocycles. The van der Waals surface area contributed by atoms with E-state index in [1.807, 2.05) is 48.1 Å². The normalized spacial score (nSPS) is 11.8. The minimum Gasteiger partial charge on any atom is -0.350 e. The fourth-order valence-electron chi connectivity index (χ4n) is 4.20. The van der Waals surface area contributed by atoms with Crippen LogP contribution in [0.5, 0.6) is 0 Å². The second-order valence-electron chi connectivity index (χ2n) is 8.52. The maximum Gasteiger partial charge on any atom is 0.185 e. The van der Waals surface area contributed by atoms with E-state index in [0.29, 0.717) is 17.2 Å². The lowest BCUT2D eigenvalue weighted by Crippen LogP contribution is -2.08. The number of Topliss-reactive ketones (excluding diaryl/α,β-unsaturated/α-hetero) is 1. The van der Waals surface area contributed by atoms with Crippen LogP contribution >= 0.6 is 11.3 Å². The molecule has 0 saturated carbocycles. The van der Waals surface area contributed by atoms with Crippen molar-refractivity contribution < 1.29 is 22.0 Å². The first-order valence-corrected chi connectivity index (χ1v) is 13.4. The summed E-state index contributed by atoms with van der Waals surface area (Å²) in [4.78, 5) is 17.6. The van der Waals surface area contributed by atoms with E-state index in [1.54, 1.807) is 19.2 Å². The van der Waals surface area contributed by atoms with Gasteiger partial charge < -0.3 is 4.57 Å². The number of fused-ring (bicyclic) bond motifs is 1. The van der Waals surface area contributed by atoms with Crippen LogP contribution < -0.4 is 0 Å². The van der Waals surface area contributed by atoms with Crippen LogP contribution in [0, 0.1) is 11.6 Å². The van der Waals surface area contributed by atoms with Gasteiger partial charge in [-0.25, -0.2) is 17.2 Å². The molecule has 0 atom stereocenters. The molecule has 0 aliphatic rings. The van der Waals surface area contributed by atoms with E-state index in [-0.39, 0.29) is 5.78 Å². The summed E-state index contributed by atoms with van der Waals surface area (Å²) in [5, 5.41) is 0.888. The van der Waals surface area contributed by atoms with Gasteiger partial charge in [0.2, 0.25) is 0 Å². The number of carbonyl (C=O) groups excluding carboxylic acids is 1. The molecule has 5 rings (SSSR count). The molecule has 0 amide bonds. The smallest absolute Gasteiger partial charge is 0.185 e. The monoisotopic (exact) mass is 522 g/mol. The third-order valence-electron chi connectivity index (χ3n) is 5.92. The number of rotatable bonds is 6. The number of halogens is 2. The SMILES string of the molecule is CC(=O)c1cn(C)c2ccc(-c3ccc(-c4cncc(CS(=O)(=O)c5ccc(F)cc5F)c4)s3)cc12. The Hall–Kier alpha value is -3.69. The Balaban J connectivity index is 1.45. The quantitative estimate of drug-likeness (QED) is 0.191. The van der Waals surface area contributed by atoms with Crippen LogP contribution in [-0.4, -0.2) is 23.8 Å². The standard InChI is InChI=1S/C27H20F2N2O3S2/c1-16(32)22-14-31(2)24-5-3-18(10-21(22)24)25-6-7-26(35-25)19-9-17(12-30-13-19)15-36(33,34)27-8-4-20(28)11-23(27)29/h3-14H,15H2,1-2H3. The molecule has 0 N–H and O–H groups in total. The first-order chi connectivity index (χ1) is 17.1. The highest BCUT2D eigenvalue weighted by Gasteiger charge is 2.21. The van der Waals surface area contributed by atoms with Crippen LogP contribution in [0.25, 0.3) is 31.8 Å². The molecule has 9 heteroatoms. The van der Waals surface area contributed by atoms with E-state index >= 15 is 0 Å². The zero-order chi connectivity index (χ0) is 25.6. The number of hydrogen-bond acceptors (Lipinski definition) is 5. The van der Waals surface area contributed by atoms with Gasteiger partial charge in [0.15, 0.2) is 15.6 Å². The van der Waals surface area contributed by atoms with Crippen molar-refractivity contribution in [1.82, 2.24) is 9.55 Å². The highest BCUT2D eigenvalue weighted by molar-refractivity contribution is 7.90. The second-order valence-corrected chi connectivity index (χ2v) is 11.6. The van der Waals surface area contributed by atoms with Crippen molar-refractivity contribution in [3.05, 3.63) is 95.9 Å². The van der Waals surface area contributed by atoms with Crippen molar-refractivity contribution in [3.8, 4) is 20.9 Å². The Labute approximate surface area is 210 Å². The van der Waals surface area contributed by atoms with Crippen molar-refractivity contribution in [2.24, 2.45) is 7.05 Å². The number of aryl methyl sites for hydroxylation is 1. The van der Waals surface area contributed by atoms with E-state index in [9.17, 15) is 22.0 Å². The molecule has 2 aromatic carbocycles. The average Bonchev–Trinajstić information content (AvgIpc) is 3.44. The van der Waals surface area contributed by atoms with Gasteiger partial charge >= 0.3 is 0 Å². The number of hydrogen-bond donors (Lipinski definition) is 0. The predicted molar refractivity (Wildman–Crippen MR) is 137 cm³/mol. The van der Waals surface area contributed by atoms with Crippen molar-refractivity contribution in [2.75, 3.05) is 0 Å². The molecular weight excluding hydrogens is 502 g/mol. The van der Waals surface area contributed by atoms with Gasteiger partial charge in [0.1, 0.15) is 16.5 Å². The molecule has 0 spiro atoms. The number of aromatic nitrogens is 2. The third-order valence-corrected chi connectivity index (χ3v) is 8.82. The van der Waals surface area contributed by atoms with E-state index in [1.165, 1.54) is 17.5 Å². The lowest BCUT2D eigenvalue weighted by Gasteiger charge is -2.07. The molecule has 0 radical (unpaired) electrons. The largest absolute Gasteiger partial charge is 0.350 e. The van der Waals surface area contributed by atoms with Crippen LogP contribution in [0.4, 0.5) is 8.78 Å². The first-order valence-electron chi connectivity index (χ1n) is 10.9. The summed E-state index contributed by atoms with van der Waals surface area (Å²) < 4.78 is 54.7. The number of ketones is 1. The first kappa shape index (κ1) is 24.0. The number of sulfone groups is 1. The van der Waals surface area contributed by atoms with Crippen molar-refractivity contribution in [2.45, 2.75) is 17.6 Å². The van der Waals surface area contributed by atoms with Crippen molar-refractivity contribution in [1.29, 1.82) is 0 Å². The molecule has 3 heterocycles. The number of benzene rings is 2. The van der Waals surface area contributed by atoms with E-state index < -0.39 is 32.1 Å². The highest BCUT2D eigenvalue weighted by Crippen LogP contribution is 2.36. The Kier molecular flexibility index (Phi) is 6.05. The van der Waals surface area contributed by atoms with E-state index in [0.717, 1.165) is 43.9 Å². The summed E-state index contributed by atoms with van der Waals surface area (Å²) >= 11 is 1.51. The zero-order valence-electron chi connectivity index (χ0n) is 19.3. The molecule has 0 fully saturated rings. The summed E-state index contributed by atoms with van der Waals surface area (Å²) in [5.74, 6) is -2.42. The summed E-state index contributed by atoms with van der Waals surface area (Å²) in [7, 11) is -2.13. The lowest BCUT2D eigenvalue weighted by molar-refractivity contribution is 0.101. The molecule has 0 saturated heterocycles. The minimum atomic E-state index is -4.04. The van der Waals surface area contributed by atoms with Crippen LogP contribution in [0.1, 0.15) is 22.8 Å². The Bertz CT molecular complexity index is 1750. The molecule has 36 heavy (non-hydrogen) atoms. The summed E-state index contributed by atoms with van der Waals surface area (Å²) in [6, 6.07) is 14.0. The highest BCUT2D eigenvalue weighted by atomic mass is 32.2.